The van der Waals surface area contributed by atoms with Gasteiger partial charge in [-0.25, -0.2) is 4.39 Å². The Hall–Kier alpha value is -0.890. The molecular weight excluding hydrogens is 237 g/mol. The van der Waals surface area contributed by atoms with Crippen LogP contribution in [0.2, 0.25) is 0 Å². The number of aryl methyl sites for hydroxylation is 2. The lowest BCUT2D eigenvalue weighted by atomic mass is 9.79. The maximum absolute atomic E-state index is 13.7. The van der Waals surface area contributed by atoms with Crippen LogP contribution in [0, 0.1) is 25.6 Å². The average Bonchev–Trinajstić information content (AvgIpc) is 2.33. The number of hydrogen-bond acceptors (Lipinski definition) is 1. The van der Waals surface area contributed by atoms with E-state index in [1.54, 1.807) is 0 Å². The first-order valence-electron chi connectivity index (χ1n) is 7.61. The third-order valence-corrected chi connectivity index (χ3v) is 4.30. The second kappa shape index (κ2) is 6.51. The molecule has 19 heavy (non-hydrogen) atoms. The van der Waals surface area contributed by atoms with Crippen LogP contribution in [-0.4, -0.2) is 6.54 Å². The minimum absolute atomic E-state index is 0.0540. The second-order valence-electron chi connectivity index (χ2n) is 6.01. The predicted molar refractivity (Wildman–Crippen MR) is 78.9 cm³/mol. The van der Waals surface area contributed by atoms with E-state index in [2.05, 4.69) is 12.2 Å². The molecule has 1 N–H and O–H groups in total. The molecule has 1 atom stereocenters. The monoisotopic (exact) mass is 263 g/mol. The van der Waals surface area contributed by atoms with Gasteiger partial charge < -0.3 is 5.32 Å². The summed E-state index contributed by atoms with van der Waals surface area (Å²) < 4.78 is 13.7. The van der Waals surface area contributed by atoms with Crippen LogP contribution in [0.15, 0.2) is 12.1 Å². The highest BCUT2D eigenvalue weighted by Gasteiger charge is 2.23. The summed E-state index contributed by atoms with van der Waals surface area (Å²) in [7, 11) is 0. The molecule has 1 fully saturated rings. The third kappa shape index (κ3) is 3.56. The van der Waals surface area contributed by atoms with Crippen LogP contribution in [0.25, 0.3) is 0 Å². The largest absolute Gasteiger partial charge is 0.310 e. The Morgan fingerprint density at radius 3 is 2.37 bits per heavy atom. The molecule has 0 aliphatic heterocycles. The minimum atomic E-state index is -0.0540. The summed E-state index contributed by atoms with van der Waals surface area (Å²) in [5.74, 6) is 0.807. The highest BCUT2D eigenvalue weighted by Crippen LogP contribution is 2.35. The van der Waals surface area contributed by atoms with Crippen molar-refractivity contribution in [2.24, 2.45) is 5.92 Å². The van der Waals surface area contributed by atoms with Gasteiger partial charge in [-0.2, -0.15) is 0 Å². The van der Waals surface area contributed by atoms with Gasteiger partial charge in [0, 0.05) is 6.04 Å². The molecule has 0 amide bonds. The fraction of sp³-hybridized carbons (Fsp3) is 0.647. The Morgan fingerprint density at radius 1 is 1.26 bits per heavy atom. The second-order valence-corrected chi connectivity index (χ2v) is 6.01. The Kier molecular flexibility index (Phi) is 4.98. The van der Waals surface area contributed by atoms with E-state index in [4.69, 9.17) is 0 Å². The van der Waals surface area contributed by atoms with E-state index in [-0.39, 0.29) is 5.82 Å². The van der Waals surface area contributed by atoms with Crippen LogP contribution < -0.4 is 5.32 Å². The summed E-state index contributed by atoms with van der Waals surface area (Å²) >= 11 is 0. The van der Waals surface area contributed by atoms with E-state index in [0.29, 0.717) is 6.04 Å². The van der Waals surface area contributed by atoms with E-state index in [0.717, 1.165) is 30.0 Å². The lowest BCUT2D eigenvalue weighted by Crippen LogP contribution is -2.27. The normalized spacial score (nSPS) is 17.3. The molecule has 1 aliphatic rings. The molecule has 0 radical (unpaired) electrons. The van der Waals surface area contributed by atoms with Crippen molar-refractivity contribution in [2.45, 2.75) is 58.9 Å². The number of rotatable bonds is 6. The van der Waals surface area contributed by atoms with Crippen molar-refractivity contribution < 1.29 is 4.39 Å². The molecular formula is C17H26FN. The molecule has 0 bridgehead atoms. The summed E-state index contributed by atoms with van der Waals surface area (Å²) in [5, 5.41) is 3.64. The summed E-state index contributed by atoms with van der Waals surface area (Å²) in [5.41, 5.74) is 2.80. The Balaban J connectivity index is 2.15. The molecule has 2 rings (SSSR count). The van der Waals surface area contributed by atoms with Crippen molar-refractivity contribution in [1.29, 1.82) is 0 Å². The van der Waals surface area contributed by atoms with Crippen LogP contribution >= 0.6 is 0 Å². The van der Waals surface area contributed by atoms with E-state index in [1.807, 2.05) is 26.0 Å². The van der Waals surface area contributed by atoms with Crippen molar-refractivity contribution in [3.05, 3.63) is 34.6 Å². The van der Waals surface area contributed by atoms with Gasteiger partial charge in [0.1, 0.15) is 5.82 Å². The summed E-state index contributed by atoms with van der Waals surface area (Å²) in [6.07, 6.45) is 6.45. The van der Waals surface area contributed by atoms with Gasteiger partial charge in [-0.05, 0) is 55.8 Å². The van der Waals surface area contributed by atoms with Crippen LogP contribution in [0.1, 0.15) is 61.8 Å². The fourth-order valence-electron chi connectivity index (χ4n) is 2.90. The molecule has 106 valence electrons. The van der Waals surface area contributed by atoms with Crippen LogP contribution in [0.5, 0.6) is 0 Å². The molecule has 0 spiro atoms. The summed E-state index contributed by atoms with van der Waals surface area (Å²) in [6, 6.07) is 4.44. The van der Waals surface area contributed by atoms with Gasteiger partial charge in [0.25, 0.3) is 0 Å². The predicted octanol–water partition coefficient (Wildman–Crippen LogP) is 4.67. The van der Waals surface area contributed by atoms with Crippen LogP contribution in [-0.2, 0) is 0 Å². The first kappa shape index (κ1) is 14.5. The number of halogens is 1. The van der Waals surface area contributed by atoms with Gasteiger partial charge in [0.15, 0.2) is 0 Å². The zero-order chi connectivity index (χ0) is 13.8. The summed E-state index contributed by atoms with van der Waals surface area (Å²) in [4.78, 5) is 0. The third-order valence-electron chi connectivity index (χ3n) is 4.30. The van der Waals surface area contributed by atoms with E-state index < -0.39 is 0 Å². The fourth-order valence-corrected chi connectivity index (χ4v) is 2.90. The zero-order valence-corrected chi connectivity index (χ0v) is 12.4. The van der Waals surface area contributed by atoms with Gasteiger partial charge in [-0.15, -0.1) is 0 Å². The first-order chi connectivity index (χ1) is 9.11. The molecule has 1 aliphatic carbocycles. The van der Waals surface area contributed by atoms with Gasteiger partial charge in [-0.1, -0.05) is 38.3 Å². The Labute approximate surface area is 116 Å². The number of benzene rings is 1. The average molecular weight is 263 g/mol. The van der Waals surface area contributed by atoms with Crippen LogP contribution in [0.3, 0.4) is 0 Å². The highest BCUT2D eigenvalue weighted by molar-refractivity contribution is 5.32. The molecule has 0 saturated heterocycles. The minimum Gasteiger partial charge on any atom is -0.310 e. The molecule has 1 unspecified atom stereocenters. The molecule has 0 aromatic heterocycles. The maximum Gasteiger partial charge on any atom is 0.129 e. The molecule has 1 nitrogen and oxygen atoms in total. The highest BCUT2D eigenvalue weighted by atomic mass is 19.1. The van der Waals surface area contributed by atoms with E-state index >= 15 is 0 Å². The van der Waals surface area contributed by atoms with Gasteiger partial charge >= 0.3 is 0 Å². The van der Waals surface area contributed by atoms with Crippen molar-refractivity contribution in [2.75, 3.05) is 6.54 Å². The Morgan fingerprint density at radius 2 is 1.89 bits per heavy atom. The molecule has 0 heterocycles. The SMILES string of the molecule is CCCNC(CC1CCC1)c1cc(C)c(F)c(C)c1. The first-order valence-corrected chi connectivity index (χ1v) is 7.61. The molecule has 1 aromatic rings. The van der Waals surface area contributed by atoms with Gasteiger partial charge in [0.2, 0.25) is 0 Å². The lowest BCUT2D eigenvalue weighted by molar-refractivity contribution is 0.261. The topological polar surface area (TPSA) is 12.0 Å². The summed E-state index contributed by atoms with van der Waals surface area (Å²) in [6.45, 7) is 6.96. The van der Waals surface area contributed by atoms with Crippen molar-refractivity contribution >= 4 is 0 Å². The Bertz CT molecular complexity index is 400. The van der Waals surface area contributed by atoms with E-state index in [9.17, 15) is 4.39 Å². The number of hydrogen-bond donors (Lipinski definition) is 1. The van der Waals surface area contributed by atoms with E-state index in [1.165, 1.54) is 31.2 Å². The van der Waals surface area contributed by atoms with Crippen LogP contribution in [0.4, 0.5) is 4.39 Å². The number of nitrogens with one attached hydrogen (secondary N) is 1. The van der Waals surface area contributed by atoms with Crippen molar-refractivity contribution in [1.82, 2.24) is 5.32 Å². The maximum atomic E-state index is 13.7. The zero-order valence-electron chi connectivity index (χ0n) is 12.4. The van der Waals surface area contributed by atoms with Crippen molar-refractivity contribution in [3.63, 3.8) is 0 Å². The smallest absolute Gasteiger partial charge is 0.129 e. The van der Waals surface area contributed by atoms with Gasteiger partial charge in [-0.3, -0.25) is 0 Å². The van der Waals surface area contributed by atoms with Gasteiger partial charge in [0.05, 0.1) is 0 Å². The quantitative estimate of drug-likeness (QED) is 0.786. The molecule has 1 aromatic carbocycles. The lowest BCUT2D eigenvalue weighted by Gasteiger charge is -2.31. The molecule has 1 saturated carbocycles. The standard InChI is InChI=1S/C17H26FN/c1-4-8-19-16(11-14-6-5-7-14)15-9-12(2)17(18)13(3)10-15/h9-10,14,16,19H,4-8,11H2,1-3H3. The molecule has 2 heteroatoms. The van der Waals surface area contributed by atoms with Crippen molar-refractivity contribution in [3.8, 4) is 0 Å².